The molecule has 0 atom stereocenters. The fourth-order valence-electron chi connectivity index (χ4n) is 19.5. The summed E-state index contributed by atoms with van der Waals surface area (Å²) >= 11 is 25.5. The van der Waals surface area contributed by atoms with Gasteiger partial charge in [-0.25, -0.2) is 34.7 Å². The van der Waals surface area contributed by atoms with Crippen molar-refractivity contribution in [3.63, 3.8) is 0 Å². The van der Waals surface area contributed by atoms with Gasteiger partial charge in [0.25, 0.3) is 11.1 Å². The summed E-state index contributed by atoms with van der Waals surface area (Å²) in [6, 6.07) is 44.4. The van der Waals surface area contributed by atoms with E-state index in [0.717, 1.165) is 216 Å². The summed E-state index contributed by atoms with van der Waals surface area (Å²) in [6.45, 7) is 22.9. The van der Waals surface area contributed by atoms with Crippen molar-refractivity contribution in [2.75, 3.05) is 208 Å². The number of ether oxygens (including phenoxy) is 14. The zero-order valence-electron chi connectivity index (χ0n) is 86.2. The number of esters is 1. The Hall–Kier alpha value is -13.3. The second kappa shape index (κ2) is 47.9. The zero-order valence-corrected chi connectivity index (χ0v) is 89.3. The summed E-state index contributed by atoms with van der Waals surface area (Å²) in [6.07, 6.45) is 8.68. The second-order valence-corrected chi connectivity index (χ2v) is 41.8. The second-order valence-electron chi connectivity index (χ2n) is 38.2. The number of fused-ring (bicyclic) bond motifs is 4. The summed E-state index contributed by atoms with van der Waals surface area (Å²) < 4.78 is 74.4. The number of allylic oxidation sites excluding steroid dienone is 1. The molecule has 7 heterocycles. The van der Waals surface area contributed by atoms with E-state index in [4.69, 9.17) is 139 Å². The summed E-state index contributed by atoms with van der Waals surface area (Å²) in [5.41, 5.74) is 13.5. The molecule has 5 N–H and O–H groups in total. The highest BCUT2D eigenvalue weighted by molar-refractivity contribution is 6.25. The predicted octanol–water partition coefficient (Wildman–Crippen LogP) is 19.0. The third-order valence-corrected chi connectivity index (χ3v) is 28.7. The van der Waals surface area contributed by atoms with E-state index in [9.17, 15) is 14.4 Å². The van der Waals surface area contributed by atoms with Crippen molar-refractivity contribution in [2.45, 2.75) is 135 Å². The van der Waals surface area contributed by atoms with E-state index in [-0.39, 0.29) is 59.9 Å². The number of benzene rings is 8. The van der Waals surface area contributed by atoms with E-state index in [2.05, 4.69) is 117 Å². The Morgan fingerprint density at radius 1 is 0.370 bits per heavy atom. The van der Waals surface area contributed by atoms with Crippen molar-refractivity contribution >= 4 is 130 Å². The predicted molar refractivity (Wildman–Crippen MR) is 577 cm³/mol. The molecule has 5 aliphatic carbocycles. The normalized spacial score (nSPS) is 21.1. The first-order chi connectivity index (χ1) is 70.1. The number of rotatable bonds is 23. The number of aromatic nitrogens is 8. The number of nitrogens with zero attached hydrogens (tertiary/aromatic N) is 12. The van der Waals surface area contributed by atoms with E-state index in [1.807, 2.05) is 74.5 Å². The van der Waals surface area contributed by atoms with Gasteiger partial charge in [0.2, 0.25) is 0 Å². The van der Waals surface area contributed by atoms with Crippen molar-refractivity contribution in [3.05, 3.63) is 195 Å². The summed E-state index contributed by atoms with van der Waals surface area (Å²) in [5, 5.41) is 14.5. The zero-order chi connectivity index (χ0) is 105. The van der Waals surface area contributed by atoms with Gasteiger partial charge < -0.3 is 112 Å². The molecule has 0 unspecified atom stereocenters. The molecule has 37 heteroatoms. The number of aromatic amines is 2. The molecular formula is C109H132Cl4N16O17. The van der Waals surface area contributed by atoms with Crippen molar-refractivity contribution in [3.8, 4) is 80.8 Å². The molecule has 3 saturated heterocycles. The molecule has 3 aliphatic heterocycles. The molecule has 146 heavy (non-hydrogen) atoms. The number of hydrogen-bond acceptors (Lipinski definition) is 31. The number of carbonyl (C=O) groups excluding carboxylic acids is 1. The Labute approximate surface area is 871 Å². The van der Waals surface area contributed by atoms with Gasteiger partial charge in [0.1, 0.15) is 52.2 Å². The van der Waals surface area contributed by atoms with Crippen molar-refractivity contribution < 1.29 is 71.1 Å². The number of nitrogen functional groups attached to an aromatic ring is 1. The Kier molecular flexibility index (Phi) is 35.6. The number of methoxy groups -OCH3 is 14. The highest BCUT2D eigenvalue weighted by Gasteiger charge is 2.45. The molecule has 12 aromatic rings. The molecule has 8 aromatic carbocycles. The molecule has 20 rings (SSSR count). The molecule has 5 saturated carbocycles. The molecule has 0 bridgehead atoms. The lowest BCUT2D eigenvalue weighted by Gasteiger charge is -2.40. The van der Waals surface area contributed by atoms with E-state index >= 15 is 0 Å². The first-order valence-corrected chi connectivity index (χ1v) is 50.1. The number of nitrogens with two attached hydrogens (primary N) is 1. The fourth-order valence-corrected chi connectivity index (χ4v) is 21.0. The summed E-state index contributed by atoms with van der Waals surface area (Å²) in [7, 11) is 22.2. The Balaban J connectivity index is 0.000000140. The average molecular weight is 2080 g/mol. The van der Waals surface area contributed by atoms with E-state index in [1.165, 1.54) is 58.9 Å². The third-order valence-electron chi connectivity index (χ3n) is 27.5. The van der Waals surface area contributed by atoms with Crippen LogP contribution in [0.5, 0.6) is 74.7 Å². The van der Waals surface area contributed by atoms with Gasteiger partial charge in [-0.05, 0) is 153 Å². The van der Waals surface area contributed by atoms with Crippen LogP contribution in [0.25, 0.3) is 43.6 Å². The van der Waals surface area contributed by atoms with Crippen LogP contribution in [0.2, 0.25) is 0 Å². The number of nitrogens with one attached hydrogen (secondary N) is 3. The smallest absolute Gasteiger partial charge is 0.340 e. The Bertz CT molecular complexity index is 6450. The van der Waals surface area contributed by atoms with Crippen LogP contribution < -0.4 is 108 Å². The topological polar surface area (TPSA) is 367 Å². The first-order valence-electron chi connectivity index (χ1n) is 48.5. The lowest BCUT2D eigenvalue weighted by atomic mass is 9.75. The fraction of sp³-hybridized carbons (Fsp3) is 0.450. The van der Waals surface area contributed by atoms with Crippen LogP contribution in [0.3, 0.4) is 0 Å². The number of carbonyl (C=O) groups is 1. The minimum atomic E-state index is -0.506. The Morgan fingerprint density at radius 3 is 0.938 bits per heavy atom. The van der Waals surface area contributed by atoms with Crippen LogP contribution in [-0.4, -0.2) is 243 Å². The third kappa shape index (κ3) is 25.5. The summed E-state index contributed by atoms with van der Waals surface area (Å²) in [4.78, 5) is 81.8. The van der Waals surface area contributed by atoms with Crippen LogP contribution in [0.1, 0.15) is 149 Å². The number of piperazine rings is 3. The van der Waals surface area contributed by atoms with Crippen LogP contribution in [0, 0.1) is 17.2 Å². The van der Waals surface area contributed by atoms with Gasteiger partial charge in [0.15, 0.2) is 57.5 Å². The lowest BCUT2D eigenvalue weighted by Crippen LogP contribution is -2.47. The van der Waals surface area contributed by atoms with Crippen molar-refractivity contribution in [2.24, 2.45) is 5.92 Å². The average Bonchev–Trinajstić information content (AvgIpc) is 0.758. The maximum Gasteiger partial charge on any atom is 0.340 e. The van der Waals surface area contributed by atoms with E-state index in [0.29, 0.717) is 103 Å². The molecule has 8 fully saturated rings. The van der Waals surface area contributed by atoms with Gasteiger partial charge in [-0.15, -0.1) is 46.4 Å². The molecule has 778 valence electrons. The number of alkyl halides is 4. The SMILES string of the molecule is C=C1CC(C#N)C1.COC(=O)c1cc(OC)c(OC)cc1N.COc1cc2nc(C3CC(C)(Cl)C3)[nH]c(=O)c2cc1OC.COc1cc2nc(C3CC(C)(Cl)C3)[nH]c(=O)c2cc1OC.COc1cc2nc(C3CC(C)(Cl)C3)nc(N3CCN(c4ccccc4OC)CC3)c2cc1OC.COc1cc2nc(C3CC(C)(Cl)C3)nc(N3CCN(c4ccccc4OC)CC3)c2cc1OC.COc1ccccc1N1CCNCC1. The molecule has 33 nitrogen and oxygen atoms in total. The van der Waals surface area contributed by atoms with Gasteiger partial charge in [0, 0.05) is 169 Å². The van der Waals surface area contributed by atoms with Crippen LogP contribution in [0.4, 0.5) is 34.4 Å². The molecule has 0 radical (unpaired) electrons. The number of hydrogen-bond donors (Lipinski definition) is 4. The monoisotopic (exact) mass is 2080 g/mol. The maximum atomic E-state index is 12.2. The Morgan fingerprint density at radius 2 is 0.644 bits per heavy atom. The number of nitriles is 1. The van der Waals surface area contributed by atoms with E-state index < -0.39 is 5.97 Å². The van der Waals surface area contributed by atoms with Crippen molar-refractivity contribution in [1.29, 1.82) is 5.26 Å². The molecule has 8 aliphatic rings. The number of H-pyrrole nitrogens is 2. The van der Waals surface area contributed by atoms with Crippen LogP contribution in [-0.2, 0) is 4.74 Å². The van der Waals surface area contributed by atoms with Gasteiger partial charge >= 0.3 is 5.97 Å². The van der Waals surface area contributed by atoms with Gasteiger partial charge in [0.05, 0.1) is 173 Å². The number of para-hydroxylation sites is 6. The van der Waals surface area contributed by atoms with Crippen LogP contribution >= 0.6 is 46.4 Å². The van der Waals surface area contributed by atoms with Crippen molar-refractivity contribution in [1.82, 2.24) is 45.2 Å². The molecular weight excluding hydrogens is 1950 g/mol. The highest BCUT2D eigenvalue weighted by atomic mass is 35.5. The largest absolute Gasteiger partial charge is 0.495 e. The van der Waals surface area contributed by atoms with Gasteiger partial charge in [-0.1, -0.05) is 48.6 Å². The standard InChI is InChI=1S/2C26H31ClN4O3.2C15H17ClN2O3.C11H16N2O.C10H13NO4.C6H7N/c2*1-26(27)15-17(16-26)24-28-19-14-23(34-4)22(33-3)13-18(19)25(29-24)31-11-9-30(10-12-31)20-7-5-6-8-21(20)32-2;2*1-15(16)6-8(7-15)13-17-10-5-12(21-3)11(20-2)4-9(10)14(19)18-13;1-14-11-5-3-2-4-10(11)13-8-6-12-7-9-13;1-13-8-4-6(10(12)15-3)7(11)5-9(8)14-2;1-5-2-6(3-5)4-7/h2*5-8,13-14,17H,9-12,15-16H2,1-4H3;2*4-5,8H,6-7H2,1-3H3,(H,17,18,19);2-5,12H,6-9H2,1H3;4-5H,11H2,1-3H3;6H,1-3H2. The van der Waals surface area contributed by atoms with E-state index in [1.54, 1.807) is 88.3 Å². The first kappa shape index (κ1) is 108. The molecule has 0 spiro atoms. The lowest BCUT2D eigenvalue weighted by molar-refractivity contribution is 0.0601. The highest BCUT2D eigenvalue weighted by Crippen LogP contribution is 2.53. The van der Waals surface area contributed by atoms with Crippen LogP contribution in [0.15, 0.2) is 155 Å². The molecule has 4 aromatic heterocycles. The van der Waals surface area contributed by atoms with Gasteiger partial charge in [-0.3, -0.25) is 9.59 Å². The summed E-state index contributed by atoms with van der Waals surface area (Å²) in [5.74, 6) is 14.3. The minimum Gasteiger partial charge on any atom is -0.495 e. The molecule has 0 amide bonds. The number of halogens is 4. The maximum absolute atomic E-state index is 12.2. The quantitative estimate of drug-likeness (QED) is 0.0200. The van der Waals surface area contributed by atoms with Gasteiger partial charge in [-0.2, -0.15) is 5.26 Å². The number of anilines is 6. The minimum absolute atomic E-state index is 0.166.